The zero-order chi connectivity index (χ0) is 15.9. The Kier molecular flexibility index (Phi) is 8.35. The summed E-state index contributed by atoms with van der Waals surface area (Å²) >= 11 is 0. The zero-order valence-corrected chi connectivity index (χ0v) is 14.2. The van der Waals surface area contributed by atoms with E-state index in [2.05, 4.69) is 27.7 Å². The van der Waals surface area contributed by atoms with E-state index in [4.69, 9.17) is 5.73 Å². The van der Waals surface area contributed by atoms with E-state index < -0.39 is 15.9 Å². The second-order valence-corrected chi connectivity index (χ2v) is 8.14. The number of amides is 1. The minimum Gasteiger partial charge on any atom is -0.338 e. The third-order valence-electron chi connectivity index (χ3n) is 3.35. The lowest BCUT2D eigenvalue weighted by Crippen LogP contribution is -2.50. The number of nitrogens with two attached hydrogens (primary N) is 1. The molecule has 6 heteroatoms. The minimum absolute atomic E-state index is 0.0433. The molecule has 0 spiro atoms. The van der Waals surface area contributed by atoms with Gasteiger partial charge in [0.1, 0.15) is 9.84 Å². The number of nitrogens with zero attached hydrogens (tertiary/aromatic N) is 1. The fourth-order valence-corrected chi connectivity index (χ4v) is 2.90. The number of sulfone groups is 1. The van der Waals surface area contributed by atoms with E-state index >= 15 is 0 Å². The molecule has 0 radical (unpaired) electrons. The molecule has 1 atom stereocenters. The second-order valence-electron chi connectivity index (χ2n) is 5.88. The van der Waals surface area contributed by atoms with Crippen LogP contribution in [0.4, 0.5) is 0 Å². The zero-order valence-electron chi connectivity index (χ0n) is 13.4. The van der Waals surface area contributed by atoms with E-state index in [0.717, 1.165) is 19.1 Å². The topological polar surface area (TPSA) is 80.5 Å². The molecule has 1 amide bonds. The van der Waals surface area contributed by atoms with Crippen LogP contribution in [0.2, 0.25) is 0 Å². The Morgan fingerprint density at radius 3 is 2.05 bits per heavy atom. The molecule has 2 N–H and O–H groups in total. The summed E-state index contributed by atoms with van der Waals surface area (Å²) in [6.07, 6.45) is 3.12. The number of rotatable bonds is 9. The standard InChI is InChI=1S/C14H30N2O3S/c1-6-12(7-2)16(10-11(3)4)14(17)13(15)8-9-20(5,18)19/h11-13H,6-10,15H2,1-5H3. The molecule has 0 aliphatic carbocycles. The van der Waals surface area contributed by atoms with Gasteiger partial charge >= 0.3 is 0 Å². The molecule has 120 valence electrons. The molecule has 0 heterocycles. The highest BCUT2D eigenvalue weighted by Crippen LogP contribution is 2.14. The van der Waals surface area contributed by atoms with Gasteiger partial charge in [-0.05, 0) is 25.2 Å². The van der Waals surface area contributed by atoms with E-state index in [-0.39, 0.29) is 24.1 Å². The van der Waals surface area contributed by atoms with Crippen LogP contribution in [0.25, 0.3) is 0 Å². The van der Waals surface area contributed by atoms with Gasteiger partial charge in [-0.3, -0.25) is 4.79 Å². The maximum absolute atomic E-state index is 12.5. The molecule has 0 aromatic rings. The van der Waals surface area contributed by atoms with Crippen LogP contribution in [0.3, 0.4) is 0 Å². The average Bonchev–Trinajstić information content (AvgIpc) is 2.34. The SMILES string of the molecule is CCC(CC)N(CC(C)C)C(=O)C(N)CCS(C)(=O)=O. The fourth-order valence-electron chi connectivity index (χ4n) is 2.22. The van der Waals surface area contributed by atoms with Crippen molar-refractivity contribution >= 4 is 15.7 Å². The molecule has 0 aromatic carbocycles. The molecular formula is C14H30N2O3S. The first-order valence-electron chi connectivity index (χ1n) is 7.36. The van der Waals surface area contributed by atoms with Gasteiger partial charge in [-0.1, -0.05) is 27.7 Å². The third-order valence-corrected chi connectivity index (χ3v) is 4.32. The van der Waals surface area contributed by atoms with Crippen molar-refractivity contribution in [2.24, 2.45) is 11.7 Å². The van der Waals surface area contributed by atoms with Crippen molar-refractivity contribution in [1.29, 1.82) is 0 Å². The highest BCUT2D eigenvalue weighted by Gasteiger charge is 2.27. The monoisotopic (exact) mass is 306 g/mol. The molecule has 0 fully saturated rings. The normalized spacial score (nSPS) is 13.8. The summed E-state index contributed by atoms with van der Waals surface area (Å²) in [6, 6.07) is -0.557. The molecule has 0 saturated carbocycles. The van der Waals surface area contributed by atoms with Crippen LogP contribution < -0.4 is 5.73 Å². The molecular weight excluding hydrogens is 276 g/mol. The Morgan fingerprint density at radius 1 is 1.20 bits per heavy atom. The van der Waals surface area contributed by atoms with Crippen molar-refractivity contribution in [1.82, 2.24) is 4.90 Å². The molecule has 20 heavy (non-hydrogen) atoms. The largest absolute Gasteiger partial charge is 0.338 e. The molecule has 0 rings (SSSR count). The van der Waals surface area contributed by atoms with Crippen LogP contribution in [-0.4, -0.2) is 49.9 Å². The van der Waals surface area contributed by atoms with E-state index in [1.54, 1.807) is 0 Å². The molecule has 0 saturated heterocycles. The first kappa shape index (κ1) is 19.4. The van der Waals surface area contributed by atoms with Gasteiger partial charge in [0.25, 0.3) is 0 Å². The number of hydrogen-bond acceptors (Lipinski definition) is 4. The lowest BCUT2D eigenvalue weighted by Gasteiger charge is -2.34. The van der Waals surface area contributed by atoms with Crippen molar-refractivity contribution in [3.63, 3.8) is 0 Å². The van der Waals surface area contributed by atoms with Gasteiger partial charge in [-0.25, -0.2) is 8.42 Å². The Morgan fingerprint density at radius 2 is 1.70 bits per heavy atom. The Bertz CT molecular complexity index is 389. The van der Waals surface area contributed by atoms with E-state index in [9.17, 15) is 13.2 Å². The minimum atomic E-state index is -3.08. The molecule has 0 bridgehead atoms. The molecule has 0 aliphatic rings. The van der Waals surface area contributed by atoms with E-state index in [0.29, 0.717) is 12.5 Å². The van der Waals surface area contributed by atoms with Crippen LogP contribution in [0.5, 0.6) is 0 Å². The second kappa shape index (κ2) is 8.62. The molecule has 1 unspecified atom stereocenters. The Hall–Kier alpha value is -0.620. The van der Waals surface area contributed by atoms with Crippen LogP contribution in [0, 0.1) is 5.92 Å². The predicted molar refractivity (Wildman–Crippen MR) is 83.2 cm³/mol. The number of carbonyl (C=O) groups excluding carboxylic acids is 1. The summed E-state index contributed by atoms with van der Waals surface area (Å²) in [6.45, 7) is 8.89. The van der Waals surface area contributed by atoms with Crippen molar-refractivity contribution in [2.45, 2.75) is 59.0 Å². The molecule has 5 nitrogen and oxygen atoms in total. The van der Waals surface area contributed by atoms with Gasteiger partial charge in [-0.2, -0.15) is 0 Å². The first-order chi connectivity index (χ1) is 9.12. The smallest absolute Gasteiger partial charge is 0.239 e. The van der Waals surface area contributed by atoms with Crippen LogP contribution >= 0.6 is 0 Å². The third kappa shape index (κ3) is 7.24. The van der Waals surface area contributed by atoms with Crippen molar-refractivity contribution in [3.05, 3.63) is 0 Å². The van der Waals surface area contributed by atoms with Gasteiger partial charge in [0.05, 0.1) is 11.8 Å². The number of hydrogen-bond donors (Lipinski definition) is 1. The quantitative estimate of drug-likeness (QED) is 0.698. The van der Waals surface area contributed by atoms with Gasteiger partial charge in [-0.15, -0.1) is 0 Å². The van der Waals surface area contributed by atoms with Crippen molar-refractivity contribution in [2.75, 3.05) is 18.6 Å². The summed E-state index contributed by atoms with van der Waals surface area (Å²) in [7, 11) is -3.08. The molecule has 0 aliphatic heterocycles. The Balaban J connectivity index is 4.84. The van der Waals surface area contributed by atoms with Crippen LogP contribution in [-0.2, 0) is 14.6 Å². The predicted octanol–water partition coefficient (Wildman–Crippen LogP) is 1.42. The average molecular weight is 306 g/mol. The number of carbonyl (C=O) groups is 1. The Labute approximate surface area is 123 Å². The van der Waals surface area contributed by atoms with Gasteiger partial charge in [0, 0.05) is 18.8 Å². The first-order valence-corrected chi connectivity index (χ1v) is 9.42. The lowest BCUT2D eigenvalue weighted by atomic mass is 10.1. The summed E-state index contributed by atoms with van der Waals surface area (Å²) in [5, 5.41) is 0. The maximum atomic E-state index is 12.5. The summed E-state index contributed by atoms with van der Waals surface area (Å²) < 4.78 is 22.3. The highest BCUT2D eigenvalue weighted by atomic mass is 32.2. The van der Waals surface area contributed by atoms with Crippen LogP contribution in [0.1, 0.15) is 47.0 Å². The fraction of sp³-hybridized carbons (Fsp3) is 0.929. The van der Waals surface area contributed by atoms with Gasteiger partial charge < -0.3 is 10.6 Å². The van der Waals surface area contributed by atoms with Crippen molar-refractivity contribution < 1.29 is 13.2 Å². The van der Waals surface area contributed by atoms with Crippen molar-refractivity contribution in [3.8, 4) is 0 Å². The summed E-state index contributed by atoms with van der Waals surface area (Å²) in [5.41, 5.74) is 5.89. The van der Waals surface area contributed by atoms with E-state index in [1.165, 1.54) is 0 Å². The molecule has 0 aromatic heterocycles. The van der Waals surface area contributed by atoms with Crippen LogP contribution in [0.15, 0.2) is 0 Å². The summed E-state index contributed by atoms with van der Waals surface area (Å²) in [4.78, 5) is 14.3. The summed E-state index contributed by atoms with van der Waals surface area (Å²) in [5.74, 6) is 0.191. The van der Waals surface area contributed by atoms with Gasteiger partial charge in [0.15, 0.2) is 0 Å². The maximum Gasteiger partial charge on any atom is 0.239 e. The van der Waals surface area contributed by atoms with E-state index in [1.807, 2.05) is 4.90 Å². The lowest BCUT2D eigenvalue weighted by molar-refractivity contribution is -0.135. The van der Waals surface area contributed by atoms with Gasteiger partial charge in [0.2, 0.25) is 5.91 Å². The highest BCUT2D eigenvalue weighted by molar-refractivity contribution is 7.90.